The zero-order valence-corrected chi connectivity index (χ0v) is 24.9. The van der Waals surface area contributed by atoms with Crippen molar-refractivity contribution in [3.8, 4) is 0 Å². The van der Waals surface area contributed by atoms with Crippen molar-refractivity contribution >= 4 is 5.91 Å². The molecule has 0 aromatic rings. The Hall–Kier alpha value is -2.43. The number of hydrogen-bond acceptors (Lipinski definition) is 3. The first kappa shape index (κ1) is 36.6. The Balaban J connectivity index is 3.70. The van der Waals surface area contributed by atoms with Crippen LogP contribution in [0, 0.1) is 0 Å². The third-order valence-corrected chi connectivity index (χ3v) is 6.13. The molecule has 3 N–H and O–H groups in total. The van der Waals surface area contributed by atoms with Crippen LogP contribution in [0.5, 0.6) is 0 Å². The average Bonchev–Trinajstić information content (AvgIpc) is 2.94. The fraction of sp³-hybridized carbons (Fsp3) is 0.571. The Labute approximate surface area is 240 Å². The van der Waals surface area contributed by atoms with Crippen molar-refractivity contribution in [3.05, 3.63) is 85.1 Å². The van der Waals surface area contributed by atoms with E-state index in [0.29, 0.717) is 6.42 Å². The molecule has 0 aliphatic heterocycles. The standard InChI is InChI=1S/C35H57NO3/c1-3-5-7-9-10-11-12-13-14-15-16-17-18-19-20-21-22-23-24-25-26-27-29-31-35(39)36-33(32-37)34(38)30-28-8-6-4-2/h5,7,10-11,13-14,16-17,19-20,22-23,28,30,33-34,37-38H,3-4,6,8-9,12,15,18,21,24-27,29,31-32H2,1-2H3,(H,36,39)/b7-5-,11-10-,14-13-,17-16-,20-19-,23-22-,30-28+. The van der Waals surface area contributed by atoms with Crippen LogP contribution in [-0.4, -0.2) is 34.9 Å². The highest BCUT2D eigenvalue weighted by Gasteiger charge is 2.17. The van der Waals surface area contributed by atoms with Crippen molar-refractivity contribution in [1.29, 1.82) is 0 Å². The molecule has 0 radical (unpaired) electrons. The summed E-state index contributed by atoms with van der Waals surface area (Å²) in [5.41, 5.74) is 0. The molecule has 0 spiro atoms. The normalized spacial score (nSPS) is 14.5. The highest BCUT2D eigenvalue weighted by Crippen LogP contribution is 2.07. The average molecular weight is 540 g/mol. The van der Waals surface area contributed by atoms with Crippen LogP contribution in [0.3, 0.4) is 0 Å². The lowest BCUT2D eigenvalue weighted by atomic mass is 10.1. The maximum Gasteiger partial charge on any atom is 0.220 e. The molecule has 0 bridgehead atoms. The molecule has 39 heavy (non-hydrogen) atoms. The summed E-state index contributed by atoms with van der Waals surface area (Å²) >= 11 is 0. The van der Waals surface area contributed by atoms with Crippen LogP contribution in [0.25, 0.3) is 0 Å². The zero-order valence-electron chi connectivity index (χ0n) is 24.9. The number of allylic oxidation sites excluding steroid dienone is 13. The molecule has 4 nitrogen and oxygen atoms in total. The second kappa shape index (κ2) is 30.1. The molecule has 220 valence electrons. The predicted molar refractivity (Wildman–Crippen MR) is 170 cm³/mol. The van der Waals surface area contributed by atoms with Gasteiger partial charge in [0.1, 0.15) is 0 Å². The van der Waals surface area contributed by atoms with E-state index in [0.717, 1.165) is 89.9 Å². The van der Waals surface area contributed by atoms with E-state index >= 15 is 0 Å². The number of aliphatic hydroxyl groups excluding tert-OH is 2. The van der Waals surface area contributed by atoms with Crippen LogP contribution < -0.4 is 5.32 Å². The molecular formula is C35H57NO3. The number of nitrogens with one attached hydrogen (secondary N) is 1. The molecule has 0 fully saturated rings. The lowest BCUT2D eigenvalue weighted by Gasteiger charge is -2.19. The predicted octanol–water partition coefficient (Wildman–Crippen LogP) is 8.61. The summed E-state index contributed by atoms with van der Waals surface area (Å²) in [5.74, 6) is -0.105. The molecule has 0 heterocycles. The lowest BCUT2D eigenvalue weighted by Crippen LogP contribution is -2.45. The topological polar surface area (TPSA) is 69.6 Å². The highest BCUT2D eigenvalue weighted by molar-refractivity contribution is 5.76. The SMILES string of the molecule is CC/C=C\C/C=C\C/C=C\C/C=C\C/C=C\C/C=C\CCCCCCC(=O)NC(CO)C(O)/C=C/CCCC. The molecule has 4 heteroatoms. The second-order valence-corrected chi connectivity index (χ2v) is 9.79. The minimum Gasteiger partial charge on any atom is -0.394 e. The molecule has 0 rings (SSSR count). The third kappa shape index (κ3) is 26.9. The summed E-state index contributed by atoms with van der Waals surface area (Å²) in [5, 5.41) is 22.4. The van der Waals surface area contributed by atoms with E-state index in [2.05, 4.69) is 92.1 Å². The lowest BCUT2D eigenvalue weighted by molar-refractivity contribution is -0.123. The van der Waals surface area contributed by atoms with Gasteiger partial charge in [-0.25, -0.2) is 0 Å². The van der Waals surface area contributed by atoms with Gasteiger partial charge in [0.25, 0.3) is 0 Å². The molecule has 0 aliphatic rings. The second-order valence-electron chi connectivity index (χ2n) is 9.79. The number of amides is 1. The fourth-order valence-electron chi connectivity index (χ4n) is 3.75. The van der Waals surface area contributed by atoms with Crippen LogP contribution >= 0.6 is 0 Å². The summed E-state index contributed by atoms with van der Waals surface area (Å²) < 4.78 is 0. The molecular weight excluding hydrogens is 482 g/mol. The zero-order chi connectivity index (χ0) is 28.7. The van der Waals surface area contributed by atoms with Gasteiger partial charge in [-0.15, -0.1) is 0 Å². The van der Waals surface area contributed by atoms with Crippen LogP contribution in [0.15, 0.2) is 85.1 Å². The quantitative estimate of drug-likeness (QED) is 0.0803. The Kier molecular flexibility index (Phi) is 28.2. The number of carbonyl (C=O) groups is 1. The Morgan fingerprint density at radius 2 is 1.13 bits per heavy atom. The maximum absolute atomic E-state index is 12.1. The van der Waals surface area contributed by atoms with Gasteiger partial charge < -0.3 is 15.5 Å². The number of aliphatic hydroxyl groups is 2. The van der Waals surface area contributed by atoms with Crippen molar-refractivity contribution in [2.75, 3.05) is 6.61 Å². The summed E-state index contributed by atoms with van der Waals surface area (Å²) in [6.45, 7) is 4.01. The smallest absolute Gasteiger partial charge is 0.220 e. The minimum atomic E-state index is -0.850. The van der Waals surface area contributed by atoms with Gasteiger partial charge in [-0.3, -0.25) is 4.79 Å². The van der Waals surface area contributed by atoms with Gasteiger partial charge in [0.15, 0.2) is 0 Å². The molecule has 2 atom stereocenters. The fourth-order valence-corrected chi connectivity index (χ4v) is 3.75. The number of unbranched alkanes of at least 4 members (excludes halogenated alkanes) is 6. The van der Waals surface area contributed by atoms with Crippen molar-refractivity contribution in [3.63, 3.8) is 0 Å². The van der Waals surface area contributed by atoms with Gasteiger partial charge in [0.05, 0.1) is 18.8 Å². The van der Waals surface area contributed by atoms with E-state index in [1.54, 1.807) is 6.08 Å². The number of hydrogen-bond donors (Lipinski definition) is 3. The van der Waals surface area contributed by atoms with Crippen molar-refractivity contribution in [2.24, 2.45) is 0 Å². The minimum absolute atomic E-state index is 0.105. The van der Waals surface area contributed by atoms with Crippen molar-refractivity contribution in [1.82, 2.24) is 5.32 Å². The van der Waals surface area contributed by atoms with Gasteiger partial charge >= 0.3 is 0 Å². The van der Waals surface area contributed by atoms with Gasteiger partial charge in [-0.2, -0.15) is 0 Å². The van der Waals surface area contributed by atoms with E-state index in [-0.39, 0.29) is 12.5 Å². The molecule has 2 unspecified atom stereocenters. The van der Waals surface area contributed by atoms with Crippen LogP contribution in [0.1, 0.15) is 110 Å². The van der Waals surface area contributed by atoms with Gasteiger partial charge in [0.2, 0.25) is 5.91 Å². The van der Waals surface area contributed by atoms with E-state index in [1.807, 2.05) is 6.08 Å². The van der Waals surface area contributed by atoms with Gasteiger partial charge in [0, 0.05) is 6.42 Å². The number of carbonyl (C=O) groups excluding carboxylic acids is 1. The first-order valence-corrected chi connectivity index (χ1v) is 15.3. The van der Waals surface area contributed by atoms with Crippen molar-refractivity contribution in [2.45, 2.75) is 122 Å². The van der Waals surface area contributed by atoms with Gasteiger partial charge in [-0.1, -0.05) is 125 Å². The summed E-state index contributed by atoms with van der Waals surface area (Å²) in [6, 6.07) is -0.636. The molecule has 0 aliphatic carbocycles. The summed E-state index contributed by atoms with van der Waals surface area (Å²) in [6.07, 6.45) is 44.1. The maximum atomic E-state index is 12.1. The molecule has 0 aromatic heterocycles. The molecule has 0 aromatic carbocycles. The Morgan fingerprint density at radius 1 is 0.641 bits per heavy atom. The van der Waals surface area contributed by atoms with Gasteiger partial charge in [-0.05, 0) is 64.2 Å². The van der Waals surface area contributed by atoms with Crippen LogP contribution in [0.4, 0.5) is 0 Å². The monoisotopic (exact) mass is 539 g/mol. The summed E-state index contributed by atoms with van der Waals surface area (Å²) in [7, 11) is 0. The molecule has 1 amide bonds. The Bertz CT molecular complexity index is 758. The van der Waals surface area contributed by atoms with Crippen LogP contribution in [-0.2, 0) is 4.79 Å². The van der Waals surface area contributed by atoms with Crippen LogP contribution in [0.2, 0.25) is 0 Å². The largest absolute Gasteiger partial charge is 0.394 e. The van der Waals surface area contributed by atoms with E-state index in [9.17, 15) is 15.0 Å². The highest BCUT2D eigenvalue weighted by atomic mass is 16.3. The Morgan fingerprint density at radius 3 is 1.64 bits per heavy atom. The number of rotatable bonds is 25. The van der Waals surface area contributed by atoms with E-state index < -0.39 is 12.1 Å². The third-order valence-electron chi connectivity index (χ3n) is 6.13. The molecule has 0 saturated carbocycles. The van der Waals surface area contributed by atoms with E-state index in [1.165, 1.54) is 0 Å². The van der Waals surface area contributed by atoms with E-state index in [4.69, 9.17) is 0 Å². The van der Waals surface area contributed by atoms with Crippen molar-refractivity contribution < 1.29 is 15.0 Å². The molecule has 0 saturated heterocycles. The first-order chi connectivity index (χ1) is 19.2. The summed E-state index contributed by atoms with van der Waals surface area (Å²) in [4.78, 5) is 12.1. The first-order valence-electron chi connectivity index (χ1n) is 15.3.